The van der Waals surface area contributed by atoms with Gasteiger partial charge in [0.05, 0.1) is 6.10 Å². The molecule has 1 saturated heterocycles. The summed E-state index contributed by atoms with van der Waals surface area (Å²) in [5.74, 6) is 0. The van der Waals surface area contributed by atoms with Crippen LogP contribution in [0.2, 0.25) is 0 Å². The van der Waals surface area contributed by atoms with Gasteiger partial charge in [-0.05, 0) is 13.5 Å². The summed E-state index contributed by atoms with van der Waals surface area (Å²) >= 11 is 0. The lowest BCUT2D eigenvalue weighted by Crippen LogP contribution is -2.35. The smallest absolute Gasteiger partial charge is 0.0864 e. The normalized spacial score (nSPS) is 27.9. The Balaban J connectivity index is 0. The number of nitrogens with two attached hydrogens (primary N) is 1. The van der Waals surface area contributed by atoms with Gasteiger partial charge >= 0.3 is 0 Å². The number of nitrogens with zero attached hydrogens (tertiary/aromatic N) is 1. The van der Waals surface area contributed by atoms with Gasteiger partial charge in [-0.3, -0.25) is 4.90 Å². The van der Waals surface area contributed by atoms with Crippen molar-refractivity contribution < 1.29 is 4.74 Å². The van der Waals surface area contributed by atoms with Crippen molar-refractivity contribution in [2.45, 2.75) is 26.0 Å². The van der Waals surface area contributed by atoms with E-state index in [0.717, 1.165) is 26.2 Å². The summed E-state index contributed by atoms with van der Waals surface area (Å²) in [6, 6.07) is 0.217. The van der Waals surface area contributed by atoms with Gasteiger partial charge in [0, 0.05) is 25.7 Å². The Kier molecular flexibility index (Phi) is 9.58. The molecule has 0 spiro atoms. The van der Waals surface area contributed by atoms with Crippen molar-refractivity contribution in [3.63, 3.8) is 0 Å². The SMILES string of the molecule is CCO[C@@H]1CN(CC)C[C@H]1N.Cl.Cl. The van der Waals surface area contributed by atoms with Crippen LogP contribution in [-0.4, -0.2) is 43.3 Å². The first-order valence-corrected chi connectivity index (χ1v) is 4.37. The summed E-state index contributed by atoms with van der Waals surface area (Å²) in [4.78, 5) is 2.32. The van der Waals surface area contributed by atoms with E-state index in [4.69, 9.17) is 10.5 Å². The molecular formula is C8H20Cl2N2O. The van der Waals surface area contributed by atoms with Crippen LogP contribution < -0.4 is 5.73 Å². The molecule has 0 aromatic carbocycles. The standard InChI is InChI=1S/C8H18N2O.2ClH/c1-3-10-5-7(9)8(6-10)11-4-2;;/h7-8H,3-6,9H2,1-2H3;2*1H/t7-,8-;;/m1../s1. The molecule has 2 atom stereocenters. The molecule has 0 aromatic rings. The second kappa shape index (κ2) is 7.83. The van der Waals surface area contributed by atoms with Crippen LogP contribution in [0.5, 0.6) is 0 Å². The van der Waals surface area contributed by atoms with Crippen LogP contribution in [0.3, 0.4) is 0 Å². The zero-order valence-electron chi connectivity index (χ0n) is 8.23. The molecule has 1 aliphatic rings. The van der Waals surface area contributed by atoms with Crippen LogP contribution >= 0.6 is 24.8 Å². The highest BCUT2D eigenvalue weighted by Gasteiger charge is 2.29. The lowest BCUT2D eigenvalue weighted by Gasteiger charge is -2.13. The molecule has 3 nitrogen and oxygen atoms in total. The van der Waals surface area contributed by atoms with Crippen molar-refractivity contribution in [1.82, 2.24) is 4.90 Å². The molecule has 0 saturated carbocycles. The number of hydrogen-bond acceptors (Lipinski definition) is 3. The zero-order valence-corrected chi connectivity index (χ0v) is 9.87. The van der Waals surface area contributed by atoms with Gasteiger partial charge in [-0.1, -0.05) is 6.92 Å². The third-order valence-electron chi connectivity index (χ3n) is 2.21. The maximum atomic E-state index is 5.86. The topological polar surface area (TPSA) is 38.5 Å². The second-order valence-corrected chi connectivity index (χ2v) is 3.01. The average Bonchev–Trinajstić information content (AvgIpc) is 2.33. The van der Waals surface area contributed by atoms with E-state index in [0.29, 0.717) is 0 Å². The highest BCUT2D eigenvalue weighted by molar-refractivity contribution is 5.85. The Bertz CT molecular complexity index is 127. The number of rotatable bonds is 3. The molecule has 1 fully saturated rings. The third-order valence-corrected chi connectivity index (χ3v) is 2.21. The van der Waals surface area contributed by atoms with Crippen LogP contribution in [0.1, 0.15) is 13.8 Å². The van der Waals surface area contributed by atoms with Gasteiger partial charge < -0.3 is 10.5 Å². The minimum atomic E-state index is 0. The molecule has 0 aliphatic carbocycles. The van der Waals surface area contributed by atoms with Crippen molar-refractivity contribution >= 4 is 24.8 Å². The molecular weight excluding hydrogens is 211 g/mol. The van der Waals surface area contributed by atoms with E-state index in [1.165, 1.54) is 0 Å². The van der Waals surface area contributed by atoms with Gasteiger partial charge in [-0.25, -0.2) is 0 Å². The first-order chi connectivity index (χ1) is 5.27. The van der Waals surface area contributed by atoms with Crippen LogP contribution in [0.4, 0.5) is 0 Å². The van der Waals surface area contributed by atoms with E-state index in [9.17, 15) is 0 Å². The fraction of sp³-hybridized carbons (Fsp3) is 1.00. The summed E-state index contributed by atoms with van der Waals surface area (Å²) in [5, 5.41) is 0. The molecule has 0 radical (unpaired) electrons. The van der Waals surface area contributed by atoms with E-state index in [2.05, 4.69) is 11.8 Å². The van der Waals surface area contributed by atoms with Gasteiger partial charge in [-0.2, -0.15) is 0 Å². The van der Waals surface area contributed by atoms with Gasteiger partial charge in [0.15, 0.2) is 0 Å². The van der Waals surface area contributed by atoms with Crippen molar-refractivity contribution in [3.05, 3.63) is 0 Å². The van der Waals surface area contributed by atoms with Gasteiger partial charge in [0.25, 0.3) is 0 Å². The Morgan fingerprint density at radius 3 is 2.31 bits per heavy atom. The second-order valence-electron chi connectivity index (χ2n) is 3.01. The molecule has 5 heteroatoms. The lowest BCUT2D eigenvalue weighted by atomic mass is 10.2. The first kappa shape index (κ1) is 15.9. The summed E-state index contributed by atoms with van der Waals surface area (Å²) in [5.41, 5.74) is 5.86. The Morgan fingerprint density at radius 2 is 1.92 bits per heavy atom. The predicted octanol–water partition coefficient (Wildman–Crippen LogP) is 0.898. The molecule has 1 rings (SSSR count). The maximum Gasteiger partial charge on any atom is 0.0864 e. The molecule has 0 unspecified atom stereocenters. The van der Waals surface area contributed by atoms with Crippen molar-refractivity contribution in [1.29, 1.82) is 0 Å². The van der Waals surface area contributed by atoms with Crippen molar-refractivity contribution in [2.75, 3.05) is 26.2 Å². The van der Waals surface area contributed by atoms with Crippen LogP contribution in [0.25, 0.3) is 0 Å². The van der Waals surface area contributed by atoms with Crippen LogP contribution in [0, 0.1) is 0 Å². The lowest BCUT2D eigenvalue weighted by molar-refractivity contribution is 0.0607. The number of halogens is 2. The fourth-order valence-electron chi connectivity index (χ4n) is 1.53. The minimum Gasteiger partial charge on any atom is -0.376 e. The minimum absolute atomic E-state index is 0. The highest BCUT2D eigenvalue weighted by Crippen LogP contribution is 2.10. The summed E-state index contributed by atoms with van der Waals surface area (Å²) in [6.07, 6.45) is 0.264. The maximum absolute atomic E-state index is 5.86. The molecule has 0 amide bonds. The molecule has 13 heavy (non-hydrogen) atoms. The first-order valence-electron chi connectivity index (χ1n) is 4.37. The summed E-state index contributed by atoms with van der Waals surface area (Å²) in [7, 11) is 0. The fourth-order valence-corrected chi connectivity index (χ4v) is 1.53. The van der Waals surface area contributed by atoms with E-state index in [-0.39, 0.29) is 37.0 Å². The number of likely N-dealkylation sites (tertiary alicyclic amines) is 1. The molecule has 0 bridgehead atoms. The van der Waals surface area contributed by atoms with Crippen LogP contribution in [0.15, 0.2) is 0 Å². The largest absolute Gasteiger partial charge is 0.376 e. The van der Waals surface area contributed by atoms with Crippen molar-refractivity contribution in [3.8, 4) is 0 Å². The van der Waals surface area contributed by atoms with E-state index in [1.54, 1.807) is 0 Å². The molecule has 1 aliphatic heterocycles. The Hall–Kier alpha value is 0.460. The zero-order chi connectivity index (χ0) is 8.27. The number of likely N-dealkylation sites (N-methyl/N-ethyl adjacent to an activating group) is 1. The number of hydrogen-bond donors (Lipinski definition) is 1. The van der Waals surface area contributed by atoms with Gasteiger partial charge in [0.1, 0.15) is 0 Å². The van der Waals surface area contributed by atoms with Crippen LogP contribution in [-0.2, 0) is 4.74 Å². The molecule has 82 valence electrons. The Labute approximate surface area is 92.8 Å². The van der Waals surface area contributed by atoms with Crippen molar-refractivity contribution in [2.24, 2.45) is 5.73 Å². The average molecular weight is 231 g/mol. The quantitative estimate of drug-likeness (QED) is 0.784. The highest BCUT2D eigenvalue weighted by atomic mass is 35.5. The van der Waals surface area contributed by atoms with E-state index in [1.807, 2.05) is 6.92 Å². The van der Waals surface area contributed by atoms with E-state index < -0.39 is 0 Å². The van der Waals surface area contributed by atoms with Gasteiger partial charge in [-0.15, -0.1) is 24.8 Å². The third kappa shape index (κ3) is 4.47. The molecule has 0 aromatic heterocycles. The summed E-state index contributed by atoms with van der Waals surface area (Å²) < 4.78 is 5.48. The summed E-state index contributed by atoms with van der Waals surface area (Å²) in [6.45, 7) is 8.02. The molecule has 2 N–H and O–H groups in total. The predicted molar refractivity (Wildman–Crippen MR) is 60.0 cm³/mol. The Morgan fingerprint density at radius 1 is 1.31 bits per heavy atom. The monoisotopic (exact) mass is 230 g/mol. The van der Waals surface area contributed by atoms with Gasteiger partial charge in [0.2, 0.25) is 0 Å². The van der Waals surface area contributed by atoms with E-state index >= 15 is 0 Å². The number of ether oxygens (including phenoxy) is 1. The molecule has 1 heterocycles.